The van der Waals surface area contributed by atoms with Crippen molar-refractivity contribution in [1.82, 2.24) is 0 Å². The highest BCUT2D eigenvalue weighted by Crippen LogP contribution is 2.55. The molecule has 1 aliphatic carbocycles. The van der Waals surface area contributed by atoms with Gasteiger partial charge in [-0.15, -0.1) is 0 Å². The van der Waals surface area contributed by atoms with Gasteiger partial charge in [0.05, 0.1) is 12.7 Å². The van der Waals surface area contributed by atoms with Crippen LogP contribution in [0.5, 0.6) is 0 Å². The van der Waals surface area contributed by atoms with Gasteiger partial charge in [-0.25, -0.2) is 0 Å². The minimum absolute atomic E-state index is 0.0834. The molecule has 5 heteroatoms. The highest BCUT2D eigenvalue weighted by Gasteiger charge is 2.64. The van der Waals surface area contributed by atoms with Crippen LogP contribution >= 0.6 is 15.9 Å². The standard InChI is InChI=1S/C17H19BrO4/c1-10(2)22-16(20)17-8-12(7-13(17)9-21-15(17)19)11-3-5-14(18)6-4-11/h3-6,10,12-13H,7-9H2,1-2H3. The fourth-order valence-corrected chi connectivity index (χ4v) is 3.85. The first-order valence-electron chi connectivity index (χ1n) is 7.57. The molecule has 3 rings (SSSR count). The van der Waals surface area contributed by atoms with Crippen molar-refractivity contribution in [2.45, 2.75) is 38.7 Å². The number of benzene rings is 1. The van der Waals surface area contributed by atoms with Crippen LogP contribution in [-0.2, 0) is 19.1 Å². The molecule has 3 atom stereocenters. The number of halogens is 1. The molecule has 1 saturated heterocycles. The summed E-state index contributed by atoms with van der Waals surface area (Å²) in [5.74, 6) is -0.733. The number of esters is 2. The molecule has 2 aliphatic rings. The molecule has 1 aromatic carbocycles. The molecular weight excluding hydrogens is 348 g/mol. The predicted octanol–water partition coefficient (Wildman–Crippen LogP) is 3.44. The molecule has 118 valence electrons. The summed E-state index contributed by atoms with van der Waals surface area (Å²) >= 11 is 3.42. The first-order chi connectivity index (χ1) is 10.4. The van der Waals surface area contributed by atoms with Crippen molar-refractivity contribution in [1.29, 1.82) is 0 Å². The molecule has 1 heterocycles. The van der Waals surface area contributed by atoms with Crippen molar-refractivity contribution >= 4 is 27.9 Å². The van der Waals surface area contributed by atoms with Crippen molar-refractivity contribution in [3.05, 3.63) is 34.3 Å². The van der Waals surface area contributed by atoms with Gasteiger partial charge in [-0.1, -0.05) is 28.1 Å². The molecular formula is C17H19BrO4. The number of hydrogen-bond donors (Lipinski definition) is 0. The number of fused-ring (bicyclic) bond motifs is 1. The molecule has 0 spiro atoms. The molecule has 0 amide bonds. The number of carbonyl (C=O) groups excluding carboxylic acids is 2. The Morgan fingerprint density at radius 1 is 1.36 bits per heavy atom. The molecule has 1 saturated carbocycles. The highest BCUT2D eigenvalue weighted by atomic mass is 79.9. The van der Waals surface area contributed by atoms with E-state index in [-0.39, 0.29) is 17.9 Å². The molecule has 0 aromatic heterocycles. The summed E-state index contributed by atoms with van der Waals surface area (Å²) in [5.41, 5.74) is 0.0456. The lowest BCUT2D eigenvalue weighted by Gasteiger charge is -2.23. The lowest BCUT2D eigenvalue weighted by atomic mass is 9.79. The van der Waals surface area contributed by atoms with Crippen molar-refractivity contribution in [3.63, 3.8) is 0 Å². The molecule has 3 unspecified atom stereocenters. The maximum Gasteiger partial charge on any atom is 0.324 e. The van der Waals surface area contributed by atoms with Crippen LogP contribution in [0.25, 0.3) is 0 Å². The van der Waals surface area contributed by atoms with Gasteiger partial charge in [-0.3, -0.25) is 9.59 Å². The van der Waals surface area contributed by atoms with Gasteiger partial charge in [-0.2, -0.15) is 0 Å². The van der Waals surface area contributed by atoms with Crippen LogP contribution < -0.4 is 0 Å². The monoisotopic (exact) mass is 366 g/mol. The fourth-order valence-electron chi connectivity index (χ4n) is 3.59. The van der Waals surface area contributed by atoms with Crippen LogP contribution in [0.3, 0.4) is 0 Å². The first-order valence-corrected chi connectivity index (χ1v) is 8.36. The summed E-state index contributed by atoms with van der Waals surface area (Å²) in [7, 11) is 0. The van der Waals surface area contributed by atoms with E-state index in [2.05, 4.69) is 15.9 Å². The first kappa shape index (κ1) is 15.5. The summed E-state index contributed by atoms with van der Waals surface area (Å²) in [6.45, 7) is 3.91. The van der Waals surface area contributed by atoms with E-state index in [9.17, 15) is 9.59 Å². The Kier molecular flexibility index (Phi) is 4.02. The molecule has 2 fully saturated rings. The molecule has 0 N–H and O–H groups in total. The van der Waals surface area contributed by atoms with E-state index >= 15 is 0 Å². The van der Waals surface area contributed by atoms with Crippen LogP contribution in [-0.4, -0.2) is 24.6 Å². The number of carbonyl (C=O) groups is 2. The SMILES string of the molecule is CC(C)OC(=O)C12CC(c3ccc(Br)cc3)CC1COC2=O. The van der Waals surface area contributed by atoms with Gasteiger partial charge in [0.1, 0.15) is 0 Å². The maximum atomic E-state index is 12.6. The Bertz CT molecular complexity index is 595. The average molecular weight is 367 g/mol. The fraction of sp³-hybridized carbons (Fsp3) is 0.529. The lowest BCUT2D eigenvalue weighted by molar-refractivity contribution is -0.168. The van der Waals surface area contributed by atoms with Crippen molar-refractivity contribution in [2.24, 2.45) is 11.3 Å². The van der Waals surface area contributed by atoms with Crippen LogP contribution in [0.4, 0.5) is 0 Å². The lowest BCUT2D eigenvalue weighted by Crippen LogP contribution is -2.40. The zero-order valence-corrected chi connectivity index (χ0v) is 14.3. The van der Waals surface area contributed by atoms with Gasteiger partial charge >= 0.3 is 11.9 Å². The van der Waals surface area contributed by atoms with Crippen molar-refractivity contribution < 1.29 is 19.1 Å². The average Bonchev–Trinajstić information content (AvgIpc) is 2.98. The zero-order valence-electron chi connectivity index (χ0n) is 12.7. The summed E-state index contributed by atoms with van der Waals surface area (Å²) in [4.78, 5) is 24.9. The second kappa shape index (κ2) is 5.69. The minimum atomic E-state index is -1.11. The van der Waals surface area contributed by atoms with Crippen LogP contribution in [0.1, 0.15) is 38.2 Å². The van der Waals surface area contributed by atoms with Gasteiger partial charge in [0.15, 0.2) is 5.41 Å². The van der Waals surface area contributed by atoms with Crippen molar-refractivity contribution in [3.8, 4) is 0 Å². The van der Waals surface area contributed by atoms with E-state index in [1.54, 1.807) is 13.8 Å². The number of cyclic esters (lactones) is 1. The molecule has 0 bridgehead atoms. The second-order valence-corrected chi connectivity index (χ2v) is 7.32. The Hall–Kier alpha value is -1.36. The zero-order chi connectivity index (χ0) is 15.9. The molecule has 1 aromatic rings. The number of rotatable bonds is 3. The normalized spacial score (nSPS) is 30.3. The van der Waals surface area contributed by atoms with Crippen LogP contribution in [0.15, 0.2) is 28.7 Å². The summed E-state index contributed by atoms with van der Waals surface area (Å²) in [6, 6.07) is 8.06. The van der Waals surface area contributed by atoms with Gasteiger partial charge < -0.3 is 9.47 Å². The third-order valence-electron chi connectivity index (χ3n) is 4.66. The summed E-state index contributed by atoms with van der Waals surface area (Å²) in [6.07, 6.45) is 1.02. The second-order valence-electron chi connectivity index (χ2n) is 6.41. The molecule has 22 heavy (non-hydrogen) atoms. The number of ether oxygens (including phenoxy) is 2. The number of hydrogen-bond acceptors (Lipinski definition) is 4. The van der Waals surface area contributed by atoms with Gasteiger partial charge in [-0.05, 0) is 50.3 Å². The van der Waals surface area contributed by atoms with E-state index in [1.165, 1.54) is 0 Å². The highest BCUT2D eigenvalue weighted by molar-refractivity contribution is 9.10. The van der Waals surface area contributed by atoms with E-state index in [0.717, 1.165) is 16.5 Å². The Balaban J connectivity index is 1.88. The molecule has 0 radical (unpaired) electrons. The smallest absolute Gasteiger partial charge is 0.324 e. The van der Waals surface area contributed by atoms with Gasteiger partial charge in [0.25, 0.3) is 0 Å². The van der Waals surface area contributed by atoms with Gasteiger partial charge in [0, 0.05) is 10.4 Å². The van der Waals surface area contributed by atoms with Crippen molar-refractivity contribution in [2.75, 3.05) is 6.61 Å². The largest absolute Gasteiger partial charge is 0.464 e. The third-order valence-corrected chi connectivity index (χ3v) is 5.19. The van der Waals surface area contributed by atoms with Gasteiger partial charge in [0.2, 0.25) is 0 Å². The molecule has 4 nitrogen and oxygen atoms in total. The minimum Gasteiger partial charge on any atom is -0.464 e. The van der Waals surface area contributed by atoms with Crippen LogP contribution in [0, 0.1) is 11.3 Å². The topological polar surface area (TPSA) is 52.6 Å². The summed E-state index contributed by atoms with van der Waals surface area (Å²) < 4.78 is 11.6. The van der Waals surface area contributed by atoms with E-state index < -0.39 is 17.4 Å². The predicted molar refractivity (Wildman–Crippen MR) is 84.2 cm³/mol. The van der Waals surface area contributed by atoms with E-state index in [1.807, 2.05) is 24.3 Å². The Labute approximate surface area is 138 Å². The van der Waals surface area contributed by atoms with Crippen LogP contribution in [0.2, 0.25) is 0 Å². The van der Waals surface area contributed by atoms with E-state index in [4.69, 9.17) is 9.47 Å². The maximum absolute atomic E-state index is 12.6. The quantitative estimate of drug-likeness (QED) is 0.607. The third kappa shape index (κ3) is 2.45. The van der Waals surface area contributed by atoms with E-state index in [0.29, 0.717) is 13.0 Å². The summed E-state index contributed by atoms with van der Waals surface area (Å²) in [5, 5.41) is 0. The molecule has 1 aliphatic heterocycles. The Morgan fingerprint density at radius 3 is 2.68 bits per heavy atom. The Morgan fingerprint density at radius 2 is 2.05 bits per heavy atom.